The second kappa shape index (κ2) is 3.33. The molecule has 2 aromatic heterocycles. The zero-order chi connectivity index (χ0) is 6.97. The Balaban J connectivity index is 0.000000605. The molecule has 2 rings (SSSR count). The monoisotopic (exact) mass is 221 g/mol. The van der Waals surface area contributed by atoms with Crippen LogP contribution in [0.15, 0.2) is 24.4 Å². The second-order valence-electron chi connectivity index (χ2n) is 2.06. The van der Waals surface area contributed by atoms with E-state index in [9.17, 15) is 0 Å². The molecule has 0 saturated heterocycles. The molecule has 11 heavy (non-hydrogen) atoms. The summed E-state index contributed by atoms with van der Waals surface area (Å²) in [5, 5.41) is 3.88. The fourth-order valence-corrected chi connectivity index (χ4v) is 0.900. The van der Waals surface area contributed by atoms with E-state index < -0.39 is 0 Å². The number of nitrogens with zero attached hydrogens (tertiary/aromatic N) is 2. The van der Waals surface area contributed by atoms with E-state index in [1.165, 1.54) is 0 Å². The standard InChI is InChI=1S/C7H6N3.Y/c8-6-5-9-10-4-2-1-3-7(6)10;/h1-4H,8H2;/q-1;. The van der Waals surface area contributed by atoms with Gasteiger partial charge in [-0.3, -0.25) is 5.10 Å². The van der Waals surface area contributed by atoms with Crippen molar-refractivity contribution in [2.45, 2.75) is 0 Å². The molecule has 0 saturated carbocycles. The van der Waals surface area contributed by atoms with Crippen LogP contribution in [-0.4, -0.2) is 9.61 Å². The summed E-state index contributed by atoms with van der Waals surface area (Å²) in [6, 6.07) is 5.72. The number of fused-ring (bicyclic) bond motifs is 1. The van der Waals surface area contributed by atoms with Gasteiger partial charge in [-0.05, 0) is 6.07 Å². The molecule has 0 bridgehead atoms. The van der Waals surface area contributed by atoms with Crippen LogP contribution in [0.2, 0.25) is 0 Å². The third-order valence-electron chi connectivity index (χ3n) is 1.39. The fourth-order valence-electron chi connectivity index (χ4n) is 0.900. The number of aromatic nitrogens is 2. The number of nitrogens with two attached hydrogens (primary N) is 1. The Morgan fingerprint density at radius 3 is 3.00 bits per heavy atom. The first-order chi connectivity index (χ1) is 4.88. The van der Waals surface area contributed by atoms with Crippen molar-refractivity contribution in [3.8, 4) is 0 Å². The first-order valence-electron chi connectivity index (χ1n) is 2.98. The molecule has 2 heterocycles. The van der Waals surface area contributed by atoms with Crippen LogP contribution in [0.3, 0.4) is 0 Å². The van der Waals surface area contributed by atoms with Crippen molar-refractivity contribution < 1.29 is 32.7 Å². The number of anilines is 1. The summed E-state index contributed by atoms with van der Waals surface area (Å²) in [6.45, 7) is 0. The van der Waals surface area contributed by atoms with E-state index in [1.807, 2.05) is 24.4 Å². The molecular formula is C7H6N3Y-. The molecule has 2 N–H and O–H groups in total. The molecule has 4 heteroatoms. The summed E-state index contributed by atoms with van der Waals surface area (Å²) in [4.78, 5) is 0. The molecule has 0 spiro atoms. The third-order valence-corrected chi connectivity index (χ3v) is 1.39. The number of pyridine rings is 1. The molecule has 0 unspecified atom stereocenters. The molecule has 0 aromatic carbocycles. The van der Waals surface area contributed by atoms with Crippen LogP contribution in [0.5, 0.6) is 0 Å². The third kappa shape index (κ3) is 1.44. The number of nitrogen functional groups attached to an aromatic ring is 1. The second-order valence-corrected chi connectivity index (χ2v) is 2.06. The van der Waals surface area contributed by atoms with Gasteiger partial charge in [0.25, 0.3) is 0 Å². The van der Waals surface area contributed by atoms with E-state index in [2.05, 4.69) is 11.3 Å². The van der Waals surface area contributed by atoms with E-state index in [-0.39, 0.29) is 32.7 Å². The van der Waals surface area contributed by atoms with Crippen molar-refractivity contribution >= 4 is 11.2 Å². The minimum Gasteiger partial charge on any atom is -0.428 e. The van der Waals surface area contributed by atoms with Gasteiger partial charge in [-0.2, -0.15) is 0 Å². The Hall–Kier alpha value is -0.406. The van der Waals surface area contributed by atoms with Gasteiger partial charge in [0.1, 0.15) is 0 Å². The van der Waals surface area contributed by atoms with Gasteiger partial charge in [-0.1, -0.05) is 23.5 Å². The van der Waals surface area contributed by atoms with Crippen molar-refractivity contribution in [3.63, 3.8) is 0 Å². The predicted molar refractivity (Wildman–Crippen MR) is 38.4 cm³/mol. The average molecular weight is 221 g/mol. The van der Waals surface area contributed by atoms with Crippen LogP contribution >= 0.6 is 0 Å². The van der Waals surface area contributed by atoms with Crippen molar-refractivity contribution in [1.29, 1.82) is 0 Å². The Bertz CT molecular complexity index is 355. The van der Waals surface area contributed by atoms with E-state index in [0.717, 1.165) is 5.52 Å². The molecule has 0 amide bonds. The summed E-state index contributed by atoms with van der Waals surface area (Å²) in [5.74, 6) is 0. The smallest absolute Gasteiger partial charge is 0.00687 e. The van der Waals surface area contributed by atoms with Crippen molar-refractivity contribution in [2.75, 3.05) is 5.73 Å². The first kappa shape index (κ1) is 8.69. The summed E-state index contributed by atoms with van der Waals surface area (Å²) in [6.07, 6.45) is 4.50. The maximum Gasteiger partial charge on any atom is 0.00687 e. The van der Waals surface area contributed by atoms with Crippen LogP contribution in [0.4, 0.5) is 5.69 Å². The number of hydrogen-bond donors (Lipinski definition) is 1. The molecule has 53 valence electrons. The van der Waals surface area contributed by atoms with Crippen molar-refractivity contribution in [1.82, 2.24) is 9.61 Å². The fraction of sp³-hybridized carbons (Fsp3) is 0. The van der Waals surface area contributed by atoms with E-state index in [4.69, 9.17) is 5.73 Å². The molecule has 0 aliphatic carbocycles. The summed E-state index contributed by atoms with van der Waals surface area (Å²) in [5.41, 5.74) is 7.04. The molecule has 0 atom stereocenters. The topological polar surface area (TPSA) is 43.3 Å². The first-order valence-corrected chi connectivity index (χ1v) is 2.98. The zero-order valence-electron chi connectivity index (χ0n) is 5.86. The average Bonchev–Trinajstić information content (AvgIpc) is 2.34. The Labute approximate surface area is 89.5 Å². The van der Waals surface area contributed by atoms with Crippen LogP contribution in [0.25, 0.3) is 5.52 Å². The normalized spacial score (nSPS) is 9.45. The van der Waals surface area contributed by atoms with Gasteiger partial charge >= 0.3 is 0 Å². The number of rotatable bonds is 0. The quantitative estimate of drug-likeness (QED) is 0.666. The molecule has 2 aromatic rings. The van der Waals surface area contributed by atoms with Gasteiger partial charge in [0.15, 0.2) is 0 Å². The van der Waals surface area contributed by atoms with Gasteiger partial charge in [-0.25, -0.2) is 0 Å². The van der Waals surface area contributed by atoms with Crippen LogP contribution < -0.4 is 5.73 Å². The van der Waals surface area contributed by atoms with Gasteiger partial charge in [0.2, 0.25) is 0 Å². The minimum atomic E-state index is 0. The predicted octanol–water partition coefficient (Wildman–Crippen LogP) is 0.714. The minimum absolute atomic E-state index is 0. The van der Waals surface area contributed by atoms with E-state index in [0.29, 0.717) is 5.69 Å². The van der Waals surface area contributed by atoms with Crippen LogP contribution in [-0.2, 0) is 32.7 Å². The van der Waals surface area contributed by atoms with E-state index in [1.54, 1.807) is 4.52 Å². The van der Waals surface area contributed by atoms with Gasteiger partial charge in [0, 0.05) is 38.9 Å². The van der Waals surface area contributed by atoms with Crippen molar-refractivity contribution in [2.24, 2.45) is 0 Å². The summed E-state index contributed by atoms with van der Waals surface area (Å²) in [7, 11) is 0. The SMILES string of the molecule is Nc1[c-]nn2ccccc12.[Y]. The number of hydrogen-bond acceptors (Lipinski definition) is 2. The van der Waals surface area contributed by atoms with Crippen molar-refractivity contribution in [3.05, 3.63) is 30.6 Å². The molecule has 0 aliphatic heterocycles. The maximum atomic E-state index is 5.54. The summed E-state index contributed by atoms with van der Waals surface area (Å²) >= 11 is 0. The molecule has 3 nitrogen and oxygen atoms in total. The Morgan fingerprint density at radius 2 is 2.27 bits per heavy atom. The zero-order valence-corrected chi connectivity index (χ0v) is 8.70. The summed E-state index contributed by atoms with van der Waals surface area (Å²) < 4.78 is 1.69. The largest absolute Gasteiger partial charge is 0.428 e. The maximum absolute atomic E-state index is 5.54. The molecule has 0 aliphatic rings. The van der Waals surface area contributed by atoms with Crippen LogP contribution in [0, 0.1) is 6.20 Å². The van der Waals surface area contributed by atoms with Gasteiger partial charge in [0.05, 0.1) is 0 Å². The van der Waals surface area contributed by atoms with Gasteiger partial charge < -0.3 is 10.2 Å². The Kier molecular flexibility index (Phi) is 2.63. The Morgan fingerprint density at radius 1 is 1.45 bits per heavy atom. The van der Waals surface area contributed by atoms with Gasteiger partial charge in [-0.15, -0.1) is 6.07 Å². The molecule has 1 radical (unpaired) electrons. The molecular weight excluding hydrogens is 215 g/mol. The van der Waals surface area contributed by atoms with Crippen LogP contribution in [0.1, 0.15) is 0 Å². The molecule has 0 fully saturated rings. The van der Waals surface area contributed by atoms with E-state index >= 15 is 0 Å².